The van der Waals surface area contributed by atoms with Gasteiger partial charge in [0.25, 0.3) is 0 Å². The van der Waals surface area contributed by atoms with Crippen LogP contribution < -0.4 is 10.2 Å². The van der Waals surface area contributed by atoms with Crippen LogP contribution in [-0.4, -0.2) is 60.8 Å². The standard InChI is InChI=1S/C30H47N3O2/c1-20-25-16-23(30(25,4)5)17-27(20)31-26-10-11-29(2,3)18-22(26)19-32-12-14-33(15-13-32)24-8-6-21(7-9-24)28(34)35/h6-9,20,22-23,25-27,31H,10-19H2,1-5H3,(H,34,35). The number of benzene rings is 1. The molecule has 0 amide bonds. The van der Waals surface area contributed by atoms with Gasteiger partial charge in [0.05, 0.1) is 5.56 Å². The fourth-order valence-corrected chi connectivity index (χ4v) is 8.13. The molecule has 4 saturated carbocycles. The van der Waals surface area contributed by atoms with Gasteiger partial charge in [-0.15, -0.1) is 0 Å². The van der Waals surface area contributed by atoms with Crippen LogP contribution in [0.15, 0.2) is 24.3 Å². The van der Waals surface area contributed by atoms with Gasteiger partial charge in [0.2, 0.25) is 0 Å². The van der Waals surface area contributed by atoms with Crippen LogP contribution >= 0.6 is 0 Å². The van der Waals surface area contributed by atoms with Gasteiger partial charge in [-0.2, -0.15) is 0 Å². The van der Waals surface area contributed by atoms with Crippen LogP contribution in [0.3, 0.4) is 0 Å². The van der Waals surface area contributed by atoms with Gasteiger partial charge in [-0.1, -0.05) is 34.6 Å². The molecule has 1 aliphatic heterocycles. The lowest BCUT2D eigenvalue weighted by Crippen LogP contribution is -2.62. The lowest BCUT2D eigenvalue weighted by atomic mass is 9.44. The van der Waals surface area contributed by atoms with Crippen molar-refractivity contribution in [1.82, 2.24) is 10.2 Å². The topological polar surface area (TPSA) is 55.8 Å². The highest BCUT2D eigenvalue weighted by Gasteiger charge is 2.56. The highest BCUT2D eigenvalue weighted by molar-refractivity contribution is 5.88. The van der Waals surface area contributed by atoms with Crippen LogP contribution in [0.2, 0.25) is 0 Å². The van der Waals surface area contributed by atoms with Crippen molar-refractivity contribution in [2.24, 2.45) is 34.5 Å². The molecule has 5 fully saturated rings. The fourth-order valence-electron chi connectivity index (χ4n) is 8.13. The van der Waals surface area contributed by atoms with Crippen molar-refractivity contribution in [2.75, 3.05) is 37.6 Å². The molecule has 1 saturated heterocycles. The predicted molar refractivity (Wildman–Crippen MR) is 143 cm³/mol. The first-order valence-electron chi connectivity index (χ1n) is 14.1. The normalized spacial score (nSPS) is 36.4. The van der Waals surface area contributed by atoms with Crippen LogP contribution in [0.5, 0.6) is 0 Å². The van der Waals surface area contributed by atoms with E-state index in [-0.39, 0.29) is 0 Å². The number of piperazine rings is 1. The number of hydrogen-bond acceptors (Lipinski definition) is 4. The molecular weight excluding hydrogens is 434 g/mol. The van der Waals surface area contributed by atoms with E-state index < -0.39 is 5.97 Å². The summed E-state index contributed by atoms with van der Waals surface area (Å²) in [4.78, 5) is 16.2. The summed E-state index contributed by atoms with van der Waals surface area (Å²) in [5.74, 6) is 2.47. The number of fused-ring (bicyclic) bond motifs is 2. The summed E-state index contributed by atoms with van der Waals surface area (Å²) in [5.41, 5.74) is 2.50. The summed E-state index contributed by atoms with van der Waals surface area (Å²) in [6, 6.07) is 8.72. The molecule has 2 bridgehead atoms. The molecule has 6 atom stereocenters. The molecule has 1 aromatic rings. The van der Waals surface area contributed by atoms with Gasteiger partial charge in [0.15, 0.2) is 0 Å². The molecule has 4 aliphatic carbocycles. The minimum Gasteiger partial charge on any atom is -0.478 e. The second kappa shape index (κ2) is 9.37. The molecule has 6 unspecified atom stereocenters. The van der Waals surface area contributed by atoms with Crippen molar-refractivity contribution in [1.29, 1.82) is 0 Å². The van der Waals surface area contributed by atoms with Gasteiger partial charge < -0.3 is 15.3 Å². The predicted octanol–water partition coefficient (Wildman–Crippen LogP) is 5.36. The van der Waals surface area contributed by atoms with E-state index in [1.54, 1.807) is 12.1 Å². The third kappa shape index (κ3) is 5.00. The second-order valence-electron chi connectivity index (χ2n) is 13.6. The van der Waals surface area contributed by atoms with Crippen LogP contribution in [0.4, 0.5) is 5.69 Å². The third-order valence-electron chi connectivity index (χ3n) is 10.6. The first-order valence-corrected chi connectivity index (χ1v) is 14.1. The molecule has 2 N–H and O–H groups in total. The van der Waals surface area contributed by atoms with E-state index in [4.69, 9.17) is 5.11 Å². The molecule has 5 heteroatoms. The van der Waals surface area contributed by atoms with Crippen molar-refractivity contribution >= 4 is 11.7 Å². The molecule has 5 nitrogen and oxygen atoms in total. The summed E-state index contributed by atoms with van der Waals surface area (Å²) >= 11 is 0. The molecule has 0 aromatic heterocycles. The minimum absolute atomic E-state index is 0.360. The molecule has 0 spiro atoms. The number of anilines is 1. The van der Waals surface area contributed by atoms with Gasteiger partial charge in [-0.3, -0.25) is 4.90 Å². The number of carboxylic acid groups (broad SMARTS) is 1. The van der Waals surface area contributed by atoms with Crippen LogP contribution in [0.25, 0.3) is 0 Å². The Morgan fingerprint density at radius 3 is 2.31 bits per heavy atom. The molecule has 0 radical (unpaired) electrons. The Bertz CT molecular complexity index is 903. The first-order chi connectivity index (χ1) is 16.5. The zero-order valence-corrected chi connectivity index (χ0v) is 22.6. The molecule has 5 aliphatic rings. The van der Waals surface area contributed by atoms with Crippen molar-refractivity contribution < 1.29 is 9.90 Å². The van der Waals surface area contributed by atoms with E-state index in [9.17, 15) is 4.79 Å². The zero-order chi connectivity index (χ0) is 25.0. The summed E-state index contributed by atoms with van der Waals surface area (Å²) in [5, 5.41) is 13.4. The monoisotopic (exact) mass is 481 g/mol. The van der Waals surface area contributed by atoms with Crippen LogP contribution in [-0.2, 0) is 0 Å². The van der Waals surface area contributed by atoms with E-state index in [1.807, 2.05) is 12.1 Å². The number of carboxylic acids is 1. The molecule has 1 heterocycles. The van der Waals surface area contributed by atoms with Gasteiger partial charge in [0, 0.05) is 50.5 Å². The first kappa shape index (κ1) is 25.1. The highest BCUT2D eigenvalue weighted by atomic mass is 16.4. The quantitative estimate of drug-likeness (QED) is 0.573. The lowest BCUT2D eigenvalue weighted by molar-refractivity contribution is -0.118. The van der Waals surface area contributed by atoms with E-state index in [2.05, 4.69) is 49.7 Å². The van der Waals surface area contributed by atoms with E-state index in [1.165, 1.54) is 38.6 Å². The molecule has 35 heavy (non-hydrogen) atoms. The largest absolute Gasteiger partial charge is 0.478 e. The summed E-state index contributed by atoms with van der Waals surface area (Å²) in [6.07, 6.45) is 6.80. The smallest absolute Gasteiger partial charge is 0.335 e. The number of carbonyl (C=O) groups is 1. The average molecular weight is 482 g/mol. The van der Waals surface area contributed by atoms with Crippen molar-refractivity contribution in [3.05, 3.63) is 29.8 Å². The molecule has 194 valence electrons. The molecule has 1 aromatic carbocycles. The number of rotatable bonds is 6. The zero-order valence-electron chi connectivity index (χ0n) is 22.6. The maximum atomic E-state index is 11.2. The Labute approximate surface area is 212 Å². The van der Waals surface area contributed by atoms with Crippen LogP contribution in [0.1, 0.15) is 77.1 Å². The Kier molecular flexibility index (Phi) is 6.71. The maximum Gasteiger partial charge on any atom is 0.335 e. The van der Waals surface area contributed by atoms with Gasteiger partial charge >= 0.3 is 5.97 Å². The second-order valence-corrected chi connectivity index (χ2v) is 13.6. The Balaban J connectivity index is 1.18. The Morgan fingerprint density at radius 2 is 1.71 bits per heavy atom. The molecule has 6 rings (SSSR count). The summed E-state index contributed by atoms with van der Waals surface area (Å²) in [7, 11) is 0. The van der Waals surface area contributed by atoms with Gasteiger partial charge in [-0.25, -0.2) is 4.79 Å². The lowest BCUT2D eigenvalue weighted by Gasteiger charge is -2.63. The van der Waals surface area contributed by atoms with E-state index in [0.29, 0.717) is 28.5 Å². The summed E-state index contributed by atoms with van der Waals surface area (Å²) in [6.45, 7) is 17.9. The van der Waals surface area contributed by atoms with Crippen molar-refractivity contribution in [3.8, 4) is 0 Å². The Hall–Kier alpha value is -1.59. The van der Waals surface area contributed by atoms with Gasteiger partial charge in [0.1, 0.15) is 0 Å². The highest BCUT2D eigenvalue weighted by Crippen LogP contribution is 2.61. The maximum absolute atomic E-state index is 11.2. The van der Waals surface area contributed by atoms with Crippen molar-refractivity contribution in [2.45, 2.75) is 78.8 Å². The number of nitrogens with zero attached hydrogens (tertiary/aromatic N) is 2. The van der Waals surface area contributed by atoms with Gasteiger partial charge in [-0.05, 0) is 90.9 Å². The average Bonchev–Trinajstić information content (AvgIpc) is 2.82. The Morgan fingerprint density at radius 1 is 1.03 bits per heavy atom. The number of nitrogens with one attached hydrogen (secondary N) is 1. The van der Waals surface area contributed by atoms with E-state index >= 15 is 0 Å². The number of hydrogen-bond donors (Lipinski definition) is 2. The molecular formula is C30H47N3O2. The SMILES string of the molecule is CC1C(NC2CCC(C)(C)CC2CN2CCN(c3ccc(C(=O)O)cc3)CC2)CC2CC1C2(C)C. The third-order valence-corrected chi connectivity index (χ3v) is 10.6. The number of aromatic carboxylic acids is 1. The fraction of sp³-hybridized carbons (Fsp3) is 0.767. The summed E-state index contributed by atoms with van der Waals surface area (Å²) < 4.78 is 0. The minimum atomic E-state index is -0.858. The van der Waals surface area contributed by atoms with E-state index in [0.717, 1.165) is 55.5 Å². The van der Waals surface area contributed by atoms with Crippen LogP contribution in [0, 0.1) is 34.5 Å². The van der Waals surface area contributed by atoms with Crippen molar-refractivity contribution in [3.63, 3.8) is 0 Å².